The zero-order valence-electron chi connectivity index (χ0n) is 21.1. The lowest BCUT2D eigenvalue weighted by Crippen LogP contribution is -2.55. The van der Waals surface area contributed by atoms with Gasteiger partial charge in [0.05, 0.1) is 5.02 Å². The van der Waals surface area contributed by atoms with Crippen LogP contribution in [0.1, 0.15) is 33.2 Å². The highest BCUT2D eigenvalue weighted by atomic mass is 35.5. The van der Waals surface area contributed by atoms with Gasteiger partial charge in [0.15, 0.2) is 11.4 Å². The molecule has 3 aromatic carbocycles. The first-order chi connectivity index (χ1) is 19.1. The van der Waals surface area contributed by atoms with Crippen LogP contribution in [0.4, 0.5) is 0 Å². The molecule has 6 rings (SSSR count). The number of aromatic nitrogens is 1. The number of amides is 1. The molecule has 0 saturated heterocycles. The van der Waals surface area contributed by atoms with E-state index in [9.17, 15) is 9.59 Å². The molecule has 0 saturated carbocycles. The minimum Gasteiger partial charge on any atom is -0.488 e. The summed E-state index contributed by atoms with van der Waals surface area (Å²) < 4.78 is 14.0. The molecule has 0 spiro atoms. The van der Waals surface area contributed by atoms with Gasteiger partial charge < -0.3 is 14.4 Å². The Morgan fingerprint density at radius 2 is 1.67 bits per heavy atom. The van der Waals surface area contributed by atoms with Gasteiger partial charge in [-0.25, -0.2) is 0 Å². The molecule has 1 amide bonds. The normalized spacial score (nSPS) is 17.4. The Morgan fingerprint density at radius 3 is 2.46 bits per heavy atom. The summed E-state index contributed by atoms with van der Waals surface area (Å²) >= 11 is 6.66. The van der Waals surface area contributed by atoms with Crippen LogP contribution in [0.15, 0.2) is 108 Å². The van der Waals surface area contributed by atoms with Crippen molar-refractivity contribution in [3.63, 3.8) is 0 Å². The van der Waals surface area contributed by atoms with Crippen molar-refractivity contribution in [2.24, 2.45) is 0 Å². The molecule has 0 aliphatic carbocycles. The number of ether oxygens (including phenoxy) is 2. The standard InChI is InChI=1S/C31H26ClN3O4/c32-25-15-9-14-24-27(23-12-5-2-6-13-23)35-21-33(17-7-8-19-38-29(24)25)31(37)28-30(26(36)16-18-34(28)35)39-20-22-10-3-1-4-11-22/h1-16,18,27H,17,19-21H2/b8-7-/t27-/m1/s1. The molecule has 0 unspecified atom stereocenters. The number of fused-ring (bicyclic) bond motifs is 5. The van der Waals surface area contributed by atoms with Gasteiger partial charge in [0, 0.05) is 24.4 Å². The van der Waals surface area contributed by atoms with Crippen molar-refractivity contribution >= 4 is 17.5 Å². The molecule has 39 heavy (non-hydrogen) atoms. The predicted octanol–water partition coefficient (Wildman–Crippen LogP) is 5.17. The summed E-state index contributed by atoms with van der Waals surface area (Å²) in [5.74, 6) is 0.315. The third kappa shape index (κ3) is 4.77. The predicted molar refractivity (Wildman–Crippen MR) is 150 cm³/mol. The average Bonchev–Trinajstić information content (AvgIpc) is 2.99. The van der Waals surface area contributed by atoms with Gasteiger partial charge in [0.2, 0.25) is 5.43 Å². The Hall–Kier alpha value is -4.49. The smallest absolute Gasteiger partial charge is 0.278 e. The van der Waals surface area contributed by atoms with Crippen molar-refractivity contribution in [3.05, 3.63) is 141 Å². The lowest BCUT2D eigenvalue weighted by atomic mass is 9.97. The Balaban J connectivity index is 1.55. The second-order valence-corrected chi connectivity index (χ2v) is 9.75. The van der Waals surface area contributed by atoms with Crippen LogP contribution in [0.25, 0.3) is 0 Å². The molecule has 2 aliphatic heterocycles. The molecule has 0 fully saturated rings. The Kier molecular flexibility index (Phi) is 6.82. The summed E-state index contributed by atoms with van der Waals surface area (Å²) in [7, 11) is 0. The van der Waals surface area contributed by atoms with E-state index in [-0.39, 0.29) is 36.1 Å². The number of hydrogen-bond acceptors (Lipinski definition) is 5. The topological polar surface area (TPSA) is 64.0 Å². The van der Waals surface area contributed by atoms with Crippen LogP contribution in [0.3, 0.4) is 0 Å². The van der Waals surface area contributed by atoms with E-state index in [1.54, 1.807) is 21.8 Å². The number of nitrogens with zero attached hydrogens (tertiary/aromatic N) is 3. The van der Waals surface area contributed by atoms with Gasteiger partial charge in [0.1, 0.15) is 31.7 Å². The highest BCUT2D eigenvalue weighted by Gasteiger charge is 2.38. The Morgan fingerprint density at radius 1 is 0.897 bits per heavy atom. The van der Waals surface area contributed by atoms with Crippen LogP contribution >= 0.6 is 11.6 Å². The van der Waals surface area contributed by atoms with Crippen LogP contribution < -0.4 is 19.9 Å². The average molecular weight is 540 g/mol. The van der Waals surface area contributed by atoms with Crippen LogP contribution in [-0.4, -0.2) is 35.3 Å². The number of carbonyl (C=O) groups excluding carboxylic acids is 1. The quantitative estimate of drug-likeness (QED) is 0.335. The fourth-order valence-corrected chi connectivity index (χ4v) is 5.27. The van der Waals surface area contributed by atoms with E-state index in [1.807, 2.05) is 90.0 Å². The molecule has 2 aliphatic rings. The first-order valence-corrected chi connectivity index (χ1v) is 13.1. The molecule has 0 radical (unpaired) electrons. The fourth-order valence-electron chi connectivity index (χ4n) is 5.03. The summed E-state index contributed by atoms with van der Waals surface area (Å²) in [4.78, 5) is 28.7. The SMILES string of the molecule is O=C1c2c(OCc3ccccc3)c(=O)ccn2N2CN1C/C=C\COc1c(Cl)cccc1[C@H]2c1ccccc1. The molecule has 3 heterocycles. The monoisotopic (exact) mass is 539 g/mol. The van der Waals surface area contributed by atoms with E-state index in [0.29, 0.717) is 23.9 Å². The molecular weight excluding hydrogens is 514 g/mol. The first-order valence-electron chi connectivity index (χ1n) is 12.7. The third-order valence-corrected chi connectivity index (χ3v) is 7.16. The van der Waals surface area contributed by atoms with E-state index in [4.69, 9.17) is 21.1 Å². The van der Waals surface area contributed by atoms with Gasteiger partial charge in [0.25, 0.3) is 5.91 Å². The van der Waals surface area contributed by atoms with Gasteiger partial charge in [-0.1, -0.05) is 90.5 Å². The first kappa shape index (κ1) is 24.8. The van der Waals surface area contributed by atoms with Crippen molar-refractivity contribution in [3.8, 4) is 11.5 Å². The summed E-state index contributed by atoms with van der Waals surface area (Å²) in [5, 5.41) is 2.54. The highest BCUT2D eigenvalue weighted by molar-refractivity contribution is 6.32. The molecule has 4 aromatic rings. The Bertz CT molecular complexity index is 1590. The Labute approximate surface area is 231 Å². The fraction of sp³-hybridized carbons (Fsp3) is 0.161. The molecule has 196 valence electrons. The summed E-state index contributed by atoms with van der Waals surface area (Å²) in [6.45, 7) is 1.07. The van der Waals surface area contributed by atoms with E-state index >= 15 is 0 Å². The number of pyridine rings is 1. The summed E-state index contributed by atoms with van der Waals surface area (Å²) in [5.41, 5.74) is 2.54. The third-order valence-electron chi connectivity index (χ3n) is 6.86. The number of halogens is 1. The molecule has 1 atom stereocenters. The van der Waals surface area contributed by atoms with Gasteiger partial charge >= 0.3 is 0 Å². The highest BCUT2D eigenvalue weighted by Crippen LogP contribution is 2.40. The molecule has 1 aromatic heterocycles. The van der Waals surface area contributed by atoms with Crippen LogP contribution in [-0.2, 0) is 6.61 Å². The number of para-hydroxylation sites is 1. The lowest BCUT2D eigenvalue weighted by Gasteiger charge is -2.44. The molecule has 0 N–H and O–H groups in total. The van der Waals surface area contributed by atoms with Crippen molar-refractivity contribution in [2.75, 3.05) is 24.8 Å². The van der Waals surface area contributed by atoms with Crippen molar-refractivity contribution < 1.29 is 14.3 Å². The molecule has 2 bridgehead atoms. The zero-order valence-corrected chi connectivity index (χ0v) is 21.8. The molecule has 7 nitrogen and oxygen atoms in total. The van der Waals surface area contributed by atoms with Crippen molar-refractivity contribution in [1.29, 1.82) is 0 Å². The van der Waals surface area contributed by atoms with Gasteiger partial charge in [-0.15, -0.1) is 0 Å². The second-order valence-electron chi connectivity index (χ2n) is 9.34. The van der Waals surface area contributed by atoms with Crippen molar-refractivity contribution in [1.82, 2.24) is 9.58 Å². The maximum Gasteiger partial charge on any atom is 0.278 e. The van der Waals surface area contributed by atoms with E-state index in [0.717, 1.165) is 16.7 Å². The van der Waals surface area contributed by atoms with Gasteiger partial charge in [-0.3, -0.25) is 19.3 Å². The summed E-state index contributed by atoms with van der Waals surface area (Å²) in [6, 6.07) is 26.3. The summed E-state index contributed by atoms with van der Waals surface area (Å²) in [6.07, 6.45) is 5.39. The number of benzene rings is 3. The van der Waals surface area contributed by atoms with E-state index in [2.05, 4.69) is 0 Å². The number of hydrogen-bond donors (Lipinski definition) is 0. The molecule has 8 heteroatoms. The zero-order chi connectivity index (χ0) is 26.8. The largest absolute Gasteiger partial charge is 0.488 e. The molecular formula is C31H26ClN3O4. The van der Waals surface area contributed by atoms with Crippen LogP contribution in [0, 0.1) is 0 Å². The van der Waals surface area contributed by atoms with Crippen molar-refractivity contribution in [2.45, 2.75) is 12.6 Å². The van der Waals surface area contributed by atoms with E-state index in [1.165, 1.54) is 6.07 Å². The minimum absolute atomic E-state index is 0.0225. The number of carbonyl (C=O) groups is 1. The maximum atomic E-state index is 13.9. The second kappa shape index (κ2) is 10.7. The van der Waals surface area contributed by atoms with Crippen LogP contribution in [0.2, 0.25) is 5.02 Å². The van der Waals surface area contributed by atoms with Gasteiger partial charge in [-0.2, -0.15) is 0 Å². The van der Waals surface area contributed by atoms with Crippen LogP contribution in [0.5, 0.6) is 11.5 Å². The lowest BCUT2D eigenvalue weighted by molar-refractivity contribution is 0.0698. The maximum absolute atomic E-state index is 13.9. The number of rotatable bonds is 4. The van der Waals surface area contributed by atoms with E-state index < -0.39 is 6.04 Å². The minimum atomic E-state index is -0.392. The van der Waals surface area contributed by atoms with Gasteiger partial charge in [-0.05, 0) is 23.3 Å².